The molecule has 3 N–H and O–H groups in total. The molecule has 0 aromatic heterocycles. The Morgan fingerprint density at radius 3 is 2.35 bits per heavy atom. The molecule has 9 heteroatoms. The van der Waals surface area contributed by atoms with E-state index in [-0.39, 0.29) is 43.0 Å². The standard InChI is InChI=1S/C22H38N4O5/c1-14(2)7-8-23-19(28)12-24-22(31)26-13-16(27)11-18(26)21(30)17-6-5-9-25(17)20(29)10-15(3)4/h14-18,27H,5-13H2,1-4H3,(H,23,28)(H,24,31)/t16-,17-,18?/m0/s1. The molecular formula is C22H38N4O5. The number of aliphatic hydroxyl groups is 1. The van der Waals surface area contributed by atoms with Crippen molar-refractivity contribution < 1.29 is 24.3 Å². The molecule has 9 nitrogen and oxygen atoms in total. The summed E-state index contributed by atoms with van der Waals surface area (Å²) < 4.78 is 0. The van der Waals surface area contributed by atoms with E-state index in [2.05, 4.69) is 24.5 Å². The second-order valence-corrected chi connectivity index (χ2v) is 9.49. The highest BCUT2D eigenvalue weighted by molar-refractivity contribution is 5.96. The Balaban J connectivity index is 1.95. The number of aliphatic hydroxyl groups excluding tert-OH is 1. The van der Waals surface area contributed by atoms with Gasteiger partial charge in [0.1, 0.15) is 0 Å². The van der Waals surface area contributed by atoms with Gasteiger partial charge >= 0.3 is 6.03 Å². The molecular weight excluding hydrogens is 400 g/mol. The summed E-state index contributed by atoms with van der Waals surface area (Å²) in [7, 11) is 0. The molecule has 0 aromatic rings. The summed E-state index contributed by atoms with van der Waals surface area (Å²) in [5.41, 5.74) is 0. The van der Waals surface area contributed by atoms with Gasteiger partial charge in [0, 0.05) is 32.5 Å². The Kier molecular flexibility index (Phi) is 9.28. The van der Waals surface area contributed by atoms with Crippen LogP contribution in [0.4, 0.5) is 4.79 Å². The van der Waals surface area contributed by atoms with Crippen molar-refractivity contribution in [2.75, 3.05) is 26.2 Å². The Labute approximate surface area is 184 Å². The largest absolute Gasteiger partial charge is 0.391 e. The highest BCUT2D eigenvalue weighted by Crippen LogP contribution is 2.27. The number of likely N-dealkylation sites (tertiary alicyclic amines) is 2. The van der Waals surface area contributed by atoms with Gasteiger partial charge in [-0.15, -0.1) is 0 Å². The first-order valence-corrected chi connectivity index (χ1v) is 11.4. The fourth-order valence-corrected chi connectivity index (χ4v) is 4.18. The number of nitrogens with zero attached hydrogens (tertiary/aromatic N) is 2. The van der Waals surface area contributed by atoms with Crippen molar-refractivity contribution in [1.82, 2.24) is 20.4 Å². The van der Waals surface area contributed by atoms with Crippen molar-refractivity contribution in [2.24, 2.45) is 11.8 Å². The molecule has 2 saturated heterocycles. The van der Waals surface area contributed by atoms with Gasteiger partial charge in [0.15, 0.2) is 5.78 Å². The molecule has 0 bridgehead atoms. The van der Waals surface area contributed by atoms with E-state index in [9.17, 15) is 24.3 Å². The fourth-order valence-electron chi connectivity index (χ4n) is 4.18. The summed E-state index contributed by atoms with van der Waals surface area (Å²) in [6.45, 7) is 8.97. The van der Waals surface area contributed by atoms with Crippen molar-refractivity contribution in [3.8, 4) is 0 Å². The molecule has 4 amide bonds. The predicted octanol–water partition coefficient (Wildman–Crippen LogP) is 0.900. The average molecular weight is 439 g/mol. The fraction of sp³-hybridized carbons (Fsp3) is 0.818. The van der Waals surface area contributed by atoms with Gasteiger partial charge in [0.05, 0.1) is 24.7 Å². The van der Waals surface area contributed by atoms with Crippen LogP contribution < -0.4 is 10.6 Å². The van der Waals surface area contributed by atoms with Gasteiger partial charge in [-0.1, -0.05) is 27.7 Å². The zero-order valence-corrected chi connectivity index (χ0v) is 19.2. The van der Waals surface area contributed by atoms with E-state index in [0.29, 0.717) is 31.8 Å². The summed E-state index contributed by atoms with van der Waals surface area (Å²) in [4.78, 5) is 53.3. The first-order valence-electron chi connectivity index (χ1n) is 11.4. The molecule has 0 saturated carbocycles. The normalized spacial score (nSPS) is 23.5. The maximum Gasteiger partial charge on any atom is 0.318 e. The number of ketones is 1. The van der Waals surface area contributed by atoms with Crippen LogP contribution in [0, 0.1) is 11.8 Å². The van der Waals surface area contributed by atoms with Crippen LogP contribution in [0.25, 0.3) is 0 Å². The van der Waals surface area contributed by atoms with Crippen LogP contribution in [-0.4, -0.2) is 82.9 Å². The topological polar surface area (TPSA) is 119 Å². The SMILES string of the molecule is CC(C)CCNC(=O)CNC(=O)N1C[C@@H](O)CC1C(=O)[C@@H]1CCCN1C(=O)CC(C)C. The number of Topliss-reactive ketones (excluding diaryl/α,β-unsaturated/α-hetero) is 1. The minimum atomic E-state index is -0.805. The maximum atomic E-state index is 13.2. The Bertz CT molecular complexity index is 666. The van der Waals surface area contributed by atoms with Gasteiger partial charge in [-0.25, -0.2) is 4.79 Å². The average Bonchev–Trinajstić information content (AvgIpc) is 3.31. The second-order valence-electron chi connectivity index (χ2n) is 9.49. The molecule has 31 heavy (non-hydrogen) atoms. The van der Waals surface area contributed by atoms with Crippen LogP contribution in [0.1, 0.15) is 59.8 Å². The van der Waals surface area contributed by atoms with E-state index in [4.69, 9.17) is 0 Å². The van der Waals surface area contributed by atoms with E-state index >= 15 is 0 Å². The van der Waals surface area contributed by atoms with E-state index in [1.165, 1.54) is 4.90 Å². The first-order chi connectivity index (χ1) is 14.6. The molecule has 2 fully saturated rings. The number of urea groups is 1. The number of amides is 4. The zero-order valence-electron chi connectivity index (χ0n) is 19.2. The van der Waals surface area contributed by atoms with Gasteiger partial charge < -0.3 is 25.5 Å². The minimum Gasteiger partial charge on any atom is -0.391 e. The molecule has 3 atom stereocenters. The lowest BCUT2D eigenvalue weighted by molar-refractivity contribution is -0.139. The predicted molar refractivity (Wildman–Crippen MR) is 116 cm³/mol. The molecule has 2 aliphatic heterocycles. The van der Waals surface area contributed by atoms with Gasteiger partial charge in [0.25, 0.3) is 0 Å². The molecule has 0 radical (unpaired) electrons. The smallest absolute Gasteiger partial charge is 0.318 e. The van der Waals surface area contributed by atoms with Gasteiger partial charge in [-0.3, -0.25) is 14.4 Å². The summed E-state index contributed by atoms with van der Waals surface area (Å²) in [6.07, 6.45) is 1.90. The third kappa shape index (κ3) is 7.19. The third-order valence-electron chi connectivity index (χ3n) is 5.80. The number of hydrogen-bond acceptors (Lipinski definition) is 5. The highest BCUT2D eigenvalue weighted by Gasteiger charge is 2.44. The highest BCUT2D eigenvalue weighted by atomic mass is 16.3. The summed E-state index contributed by atoms with van der Waals surface area (Å²) in [5.74, 6) is 0.125. The van der Waals surface area contributed by atoms with E-state index in [1.807, 2.05) is 13.8 Å². The van der Waals surface area contributed by atoms with E-state index in [1.54, 1.807) is 4.90 Å². The second kappa shape index (κ2) is 11.5. The van der Waals surface area contributed by atoms with Crippen molar-refractivity contribution in [1.29, 1.82) is 0 Å². The Morgan fingerprint density at radius 1 is 1.00 bits per heavy atom. The molecule has 0 aromatic carbocycles. The third-order valence-corrected chi connectivity index (χ3v) is 5.80. The molecule has 2 rings (SSSR count). The van der Waals surface area contributed by atoms with Gasteiger partial charge in [0.2, 0.25) is 11.8 Å². The van der Waals surface area contributed by atoms with Crippen molar-refractivity contribution in [2.45, 2.75) is 78.0 Å². The summed E-state index contributed by atoms with van der Waals surface area (Å²) in [6, 6.07) is -1.90. The van der Waals surface area contributed by atoms with Crippen LogP contribution in [0.3, 0.4) is 0 Å². The molecule has 1 unspecified atom stereocenters. The van der Waals surface area contributed by atoms with Gasteiger partial charge in [-0.2, -0.15) is 0 Å². The van der Waals surface area contributed by atoms with Crippen LogP contribution in [-0.2, 0) is 14.4 Å². The number of rotatable bonds is 9. The van der Waals surface area contributed by atoms with Crippen LogP contribution in [0.2, 0.25) is 0 Å². The van der Waals surface area contributed by atoms with Crippen LogP contribution >= 0.6 is 0 Å². The first kappa shape index (κ1) is 25.1. The molecule has 2 aliphatic rings. The molecule has 0 spiro atoms. The minimum absolute atomic E-state index is 0.0316. The number of carbonyl (C=O) groups excluding carboxylic acids is 4. The van der Waals surface area contributed by atoms with Crippen molar-refractivity contribution in [3.63, 3.8) is 0 Å². The maximum absolute atomic E-state index is 13.2. The molecule has 176 valence electrons. The van der Waals surface area contributed by atoms with E-state index in [0.717, 1.165) is 12.8 Å². The lowest BCUT2D eigenvalue weighted by Gasteiger charge is -2.30. The number of nitrogens with one attached hydrogen (secondary N) is 2. The lowest BCUT2D eigenvalue weighted by Crippen LogP contribution is -2.53. The molecule has 0 aliphatic carbocycles. The number of hydrogen-bond donors (Lipinski definition) is 3. The van der Waals surface area contributed by atoms with Crippen molar-refractivity contribution in [3.05, 3.63) is 0 Å². The van der Waals surface area contributed by atoms with Crippen LogP contribution in [0.15, 0.2) is 0 Å². The molecule has 2 heterocycles. The summed E-state index contributed by atoms with van der Waals surface area (Å²) in [5, 5.41) is 15.4. The quantitative estimate of drug-likeness (QED) is 0.494. The lowest BCUT2D eigenvalue weighted by atomic mass is 9.99. The van der Waals surface area contributed by atoms with Crippen LogP contribution in [0.5, 0.6) is 0 Å². The van der Waals surface area contributed by atoms with E-state index < -0.39 is 24.2 Å². The number of β-amino-alcohol motifs (C(OH)–C–C–N with tert-alkyl or cyclic N) is 1. The number of carbonyl (C=O) groups is 4. The van der Waals surface area contributed by atoms with Crippen molar-refractivity contribution >= 4 is 23.6 Å². The Hall–Kier alpha value is -2.16. The Morgan fingerprint density at radius 2 is 1.71 bits per heavy atom. The zero-order chi connectivity index (χ0) is 23.1. The monoisotopic (exact) mass is 438 g/mol. The summed E-state index contributed by atoms with van der Waals surface area (Å²) >= 11 is 0. The van der Waals surface area contributed by atoms with Gasteiger partial charge in [-0.05, 0) is 31.1 Å².